The van der Waals surface area contributed by atoms with Crippen LogP contribution in [0.5, 0.6) is 5.75 Å². The van der Waals surface area contributed by atoms with Crippen LogP contribution < -0.4 is 4.74 Å². The summed E-state index contributed by atoms with van der Waals surface area (Å²) in [6, 6.07) is 11.4. The number of ether oxygens (including phenoxy) is 1. The fraction of sp³-hybridized carbons (Fsp3) is 0.133. The minimum atomic E-state index is 0.292. The number of nitrogens with zero attached hydrogens (tertiary/aromatic N) is 2. The fourth-order valence-electron chi connectivity index (χ4n) is 2.25. The smallest absolute Gasteiger partial charge is 0.129 e. The molecular weight excluding hydrogens is 375 g/mol. The summed E-state index contributed by atoms with van der Waals surface area (Å²) in [5.74, 6) is 1.76. The van der Waals surface area contributed by atoms with Gasteiger partial charge in [0.2, 0.25) is 0 Å². The fourth-order valence-corrected chi connectivity index (χ4v) is 2.98. The molecule has 0 amide bonds. The van der Waals surface area contributed by atoms with Crippen LogP contribution in [0.4, 0.5) is 0 Å². The molecular formula is C15H11BrCl2N2O. The lowest BCUT2D eigenvalue weighted by atomic mass is 10.2. The third-order valence-corrected chi connectivity index (χ3v) is 4.25. The van der Waals surface area contributed by atoms with Crippen molar-refractivity contribution in [3.05, 3.63) is 51.7 Å². The third kappa shape index (κ3) is 2.63. The van der Waals surface area contributed by atoms with E-state index in [1.165, 1.54) is 0 Å². The molecule has 21 heavy (non-hydrogen) atoms. The monoisotopic (exact) mass is 384 g/mol. The van der Waals surface area contributed by atoms with Crippen molar-refractivity contribution in [2.75, 3.05) is 7.11 Å². The van der Waals surface area contributed by atoms with Crippen LogP contribution in [0.2, 0.25) is 5.02 Å². The highest BCUT2D eigenvalue weighted by atomic mass is 79.9. The molecule has 0 spiro atoms. The average Bonchev–Trinajstić information content (AvgIpc) is 2.85. The molecule has 108 valence electrons. The maximum atomic E-state index is 6.35. The maximum absolute atomic E-state index is 6.35. The highest BCUT2D eigenvalue weighted by molar-refractivity contribution is 9.10. The topological polar surface area (TPSA) is 27.1 Å². The van der Waals surface area contributed by atoms with Crippen LogP contribution in [-0.4, -0.2) is 16.7 Å². The Kier molecular flexibility index (Phi) is 4.11. The van der Waals surface area contributed by atoms with Gasteiger partial charge in [0.05, 0.1) is 34.7 Å². The zero-order valence-corrected chi connectivity index (χ0v) is 14.2. The average molecular weight is 386 g/mol. The number of hydrogen-bond acceptors (Lipinski definition) is 2. The maximum Gasteiger partial charge on any atom is 0.129 e. The van der Waals surface area contributed by atoms with Gasteiger partial charge in [-0.05, 0) is 30.3 Å². The highest BCUT2D eigenvalue weighted by Crippen LogP contribution is 2.31. The first-order valence-corrected chi connectivity index (χ1v) is 7.91. The summed E-state index contributed by atoms with van der Waals surface area (Å²) in [7, 11) is 1.62. The van der Waals surface area contributed by atoms with Gasteiger partial charge < -0.3 is 4.74 Å². The van der Waals surface area contributed by atoms with E-state index >= 15 is 0 Å². The number of aromatic nitrogens is 2. The van der Waals surface area contributed by atoms with Crippen molar-refractivity contribution in [3.8, 4) is 11.4 Å². The summed E-state index contributed by atoms with van der Waals surface area (Å²) in [6.07, 6.45) is 0. The van der Waals surface area contributed by atoms with Crippen LogP contribution in [0.3, 0.4) is 0 Å². The molecule has 0 aliphatic heterocycles. The first kappa shape index (κ1) is 14.7. The largest absolute Gasteiger partial charge is 0.497 e. The van der Waals surface area contributed by atoms with E-state index in [0.29, 0.717) is 10.9 Å². The van der Waals surface area contributed by atoms with E-state index in [1.54, 1.807) is 13.2 Å². The van der Waals surface area contributed by atoms with Crippen molar-refractivity contribution in [3.63, 3.8) is 0 Å². The van der Waals surface area contributed by atoms with Crippen LogP contribution in [-0.2, 0) is 5.88 Å². The number of imidazole rings is 1. The molecule has 0 saturated carbocycles. The minimum absolute atomic E-state index is 0.292. The summed E-state index contributed by atoms with van der Waals surface area (Å²) >= 11 is 15.9. The molecule has 1 heterocycles. The van der Waals surface area contributed by atoms with Crippen molar-refractivity contribution < 1.29 is 4.74 Å². The van der Waals surface area contributed by atoms with Crippen molar-refractivity contribution in [2.45, 2.75) is 5.88 Å². The molecule has 3 aromatic rings. The first-order chi connectivity index (χ1) is 10.1. The Balaban J connectivity index is 2.33. The molecule has 1 aromatic heterocycles. The molecule has 3 rings (SSSR count). The van der Waals surface area contributed by atoms with E-state index in [9.17, 15) is 0 Å². The SMILES string of the molecule is COc1ccc(Cl)c(-n2c(CCl)nc3cc(Br)ccc32)c1. The Morgan fingerprint density at radius 2 is 2.05 bits per heavy atom. The molecule has 3 nitrogen and oxygen atoms in total. The van der Waals surface area contributed by atoms with E-state index in [0.717, 1.165) is 32.8 Å². The standard InChI is InChI=1S/C15H11BrCl2N2O/c1-21-10-3-4-11(18)14(7-10)20-13-5-2-9(16)6-12(13)19-15(20)8-17/h2-7H,8H2,1H3. The minimum Gasteiger partial charge on any atom is -0.497 e. The van der Waals surface area contributed by atoms with Crippen molar-refractivity contribution in [2.24, 2.45) is 0 Å². The number of halogens is 3. The van der Waals surface area contributed by atoms with Crippen molar-refractivity contribution in [1.82, 2.24) is 9.55 Å². The lowest BCUT2D eigenvalue weighted by Crippen LogP contribution is -2.00. The zero-order valence-electron chi connectivity index (χ0n) is 11.1. The number of hydrogen-bond donors (Lipinski definition) is 0. The summed E-state index contributed by atoms with van der Waals surface area (Å²) < 4.78 is 8.21. The summed E-state index contributed by atoms with van der Waals surface area (Å²) in [6.45, 7) is 0. The van der Waals surface area contributed by atoms with Crippen LogP contribution >= 0.6 is 39.1 Å². The first-order valence-electron chi connectivity index (χ1n) is 6.21. The molecule has 0 bridgehead atoms. The van der Waals surface area contributed by atoms with E-state index in [4.69, 9.17) is 27.9 Å². The van der Waals surface area contributed by atoms with Crippen LogP contribution in [0.1, 0.15) is 5.82 Å². The quantitative estimate of drug-likeness (QED) is 0.580. The molecule has 0 aliphatic carbocycles. The molecule has 0 aliphatic rings. The molecule has 6 heteroatoms. The number of methoxy groups -OCH3 is 1. The molecule has 0 saturated heterocycles. The number of alkyl halides is 1. The van der Waals surface area contributed by atoms with Gasteiger partial charge in [-0.15, -0.1) is 11.6 Å². The van der Waals surface area contributed by atoms with Gasteiger partial charge in [-0.25, -0.2) is 4.98 Å². The van der Waals surface area contributed by atoms with Gasteiger partial charge in [0.1, 0.15) is 11.6 Å². The van der Waals surface area contributed by atoms with Gasteiger partial charge in [0.25, 0.3) is 0 Å². The van der Waals surface area contributed by atoms with Gasteiger partial charge in [-0.2, -0.15) is 0 Å². The van der Waals surface area contributed by atoms with Crippen LogP contribution in [0.25, 0.3) is 16.7 Å². The number of fused-ring (bicyclic) bond motifs is 1. The second-order valence-corrected chi connectivity index (χ2v) is 6.04. The Morgan fingerprint density at radius 1 is 1.24 bits per heavy atom. The predicted molar refractivity (Wildman–Crippen MR) is 89.9 cm³/mol. The summed E-state index contributed by atoms with van der Waals surface area (Å²) in [5.41, 5.74) is 2.61. The van der Waals surface area contributed by atoms with E-state index < -0.39 is 0 Å². The normalized spacial score (nSPS) is 11.0. The second-order valence-electron chi connectivity index (χ2n) is 4.45. The predicted octanol–water partition coefficient (Wildman–Crippen LogP) is 5.19. The Morgan fingerprint density at radius 3 is 2.76 bits per heavy atom. The summed E-state index contributed by atoms with van der Waals surface area (Å²) in [5, 5.41) is 0.615. The highest BCUT2D eigenvalue weighted by Gasteiger charge is 2.15. The van der Waals surface area contributed by atoms with Gasteiger partial charge in [0.15, 0.2) is 0 Å². The van der Waals surface area contributed by atoms with E-state index in [2.05, 4.69) is 20.9 Å². The summed E-state index contributed by atoms with van der Waals surface area (Å²) in [4.78, 5) is 4.57. The lowest BCUT2D eigenvalue weighted by Gasteiger charge is -2.11. The lowest BCUT2D eigenvalue weighted by molar-refractivity contribution is 0.414. The van der Waals surface area contributed by atoms with Crippen molar-refractivity contribution >= 4 is 50.2 Å². The van der Waals surface area contributed by atoms with Gasteiger partial charge in [-0.1, -0.05) is 27.5 Å². The Bertz CT molecular complexity index is 817. The van der Waals surface area contributed by atoms with Gasteiger partial charge in [0, 0.05) is 10.5 Å². The number of rotatable bonds is 3. The Labute approximate surface area is 140 Å². The molecule has 2 aromatic carbocycles. The molecule has 0 radical (unpaired) electrons. The van der Waals surface area contributed by atoms with E-state index in [-0.39, 0.29) is 0 Å². The molecule has 0 fully saturated rings. The number of benzene rings is 2. The van der Waals surface area contributed by atoms with Gasteiger partial charge >= 0.3 is 0 Å². The molecule has 0 N–H and O–H groups in total. The van der Waals surface area contributed by atoms with Crippen LogP contribution in [0, 0.1) is 0 Å². The van der Waals surface area contributed by atoms with Crippen molar-refractivity contribution in [1.29, 1.82) is 0 Å². The third-order valence-electron chi connectivity index (χ3n) is 3.20. The van der Waals surface area contributed by atoms with E-state index in [1.807, 2.05) is 34.9 Å². The molecule has 0 atom stereocenters. The zero-order chi connectivity index (χ0) is 15.0. The second kappa shape index (κ2) is 5.87. The van der Waals surface area contributed by atoms with Gasteiger partial charge in [-0.3, -0.25) is 4.57 Å². The Hall–Kier alpha value is -1.23. The molecule has 0 unspecified atom stereocenters. The van der Waals surface area contributed by atoms with Crippen LogP contribution in [0.15, 0.2) is 40.9 Å².